The molecule has 0 amide bonds. The molecule has 1 aliphatic heterocycles. The molecule has 0 aromatic carbocycles. The van der Waals surface area contributed by atoms with Crippen molar-refractivity contribution >= 4 is 5.97 Å². The van der Waals surface area contributed by atoms with E-state index < -0.39 is 11.0 Å². The summed E-state index contributed by atoms with van der Waals surface area (Å²) in [6.07, 6.45) is 4.27. The third-order valence-corrected chi connectivity index (χ3v) is 6.32. The first-order valence-electron chi connectivity index (χ1n) is 8.95. The Balaban J connectivity index is 1.92. The highest BCUT2D eigenvalue weighted by Crippen LogP contribution is 2.60. The van der Waals surface area contributed by atoms with E-state index in [0.29, 0.717) is 12.5 Å². The minimum absolute atomic E-state index is 0.0498. The Morgan fingerprint density at radius 1 is 1.17 bits per heavy atom. The van der Waals surface area contributed by atoms with E-state index in [1.807, 2.05) is 20.8 Å². The normalized spacial score (nSPS) is 45.4. The van der Waals surface area contributed by atoms with Crippen molar-refractivity contribution in [3.63, 3.8) is 0 Å². The van der Waals surface area contributed by atoms with E-state index in [0.717, 1.165) is 25.7 Å². The molecule has 3 rings (SSSR count). The molecular formula is C19H32O4. The van der Waals surface area contributed by atoms with Crippen LogP contribution in [-0.4, -0.2) is 35.0 Å². The second-order valence-corrected chi connectivity index (χ2v) is 10.1. The zero-order chi connectivity index (χ0) is 17.3. The Labute approximate surface area is 139 Å². The highest BCUT2D eigenvalue weighted by molar-refractivity contribution is 5.75. The summed E-state index contributed by atoms with van der Waals surface area (Å²) < 4.78 is 11.7. The first-order valence-corrected chi connectivity index (χ1v) is 8.95. The van der Waals surface area contributed by atoms with Crippen LogP contribution >= 0.6 is 0 Å². The first kappa shape index (κ1) is 17.2. The number of carbonyl (C=O) groups excluding carboxylic acids is 1. The Bertz CT molecular complexity index is 506. The van der Waals surface area contributed by atoms with Gasteiger partial charge in [0.05, 0.1) is 23.2 Å². The summed E-state index contributed by atoms with van der Waals surface area (Å²) in [5.74, 6) is -0.172. The van der Waals surface area contributed by atoms with Gasteiger partial charge in [-0.05, 0) is 51.9 Å². The van der Waals surface area contributed by atoms with Gasteiger partial charge in [-0.3, -0.25) is 4.79 Å². The van der Waals surface area contributed by atoms with E-state index in [1.165, 1.54) is 0 Å². The van der Waals surface area contributed by atoms with Gasteiger partial charge in [0, 0.05) is 11.8 Å². The van der Waals surface area contributed by atoms with Crippen molar-refractivity contribution < 1.29 is 19.4 Å². The van der Waals surface area contributed by atoms with Gasteiger partial charge in [-0.2, -0.15) is 0 Å². The Hall–Kier alpha value is -0.610. The fourth-order valence-corrected chi connectivity index (χ4v) is 4.66. The number of epoxide rings is 1. The zero-order valence-electron chi connectivity index (χ0n) is 15.4. The Morgan fingerprint density at radius 2 is 1.83 bits per heavy atom. The highest BCUT2D eigenvalue weighted by atomic mass is 16.6. The summed E-state index contributed by atoms with van der Waals surface area (Å²) >= 11 is 0. The Kier molecular flexibility index (Phi) is 3.71. The van der Waals surface area contributed by atoms with Crippen molar-refractivity contribution in [2.75, 3.05) is 0 Å². The molecule has 2 aliphatic carbocycles. The van der Waals surface area contributed by atoms with Crippen LogP contribution in [0.15, 0.2) is 0 Å². The van der Waals surface area contributed by atoms with E-state index in [-0.39, 0.29) is 29.0 Å². The van der Waals surface area contributed by atoms with Gasteiger partial charge < -0.3 is 14.6 Å². The topological polar surface area (TPSA) is 59.1 Å². The first-order chi connectivity index (χ1) is 10.4. The molecular weight excluding hydrogens is 292 g/mol. The van der Waals surface area contributed by atoms with Crippen molar-refractivity contribution in [2.45, 2.75) is 97.6 Å². The summed E-state index contributed by atoms with van der Waals surface area (Å²) in [6.45, 7) is 12.1. The van der Waals surface area contributed by atoms with Crippen molar-refractivity contribution in [2.24, 2.45) is 16.2 Å². The van der Waals surface area contributed by atoms with Gasteiger partial charge in [0.15, 0.2) is 0 Å². The molecule has 0 aromatic rings. The third kappa shape index (κ3) is 2.93. The maximum atomic E-state index is 12.5. The summed E-state index contributed by atoms with van der Waals surface area (Å²) in [5.41, 5.74) is -1.79. The van der Waals surface area contributed by atoms with Crippen LogP contribution in [-0.2, 0) is 14.3 Å². The van der Waals surface area contributed by atoms with Gasteiger partial charge in [0.2, 0.25) is 0 Å². The van der Waals surface area contributed by atoms with Crippen LogP contribution in [0.1, 0.15) is 73.6 Å². The number of aliphatic hydroxyl groups is 1. The number of esters is 1. The fourth-order valence-electron chi connectivity index (χ4n) is 4.66. The van der Waals surface area contributed by atoms with Crippen LogP contribution in [0, 0.1) is 16.2 Å². The van der Waals surface area contributed by atoms with Crippen LogP contribution in [0.2, 0.25) is 0 Å². The molecule has 0 bridgehead atoms. The molecule has 1 heterocycles. The molecule has 132 valence electrons. The fraction of sp³-hybridized carbons (Fsp3) is 0.947. The minimum atomic E-state index is -0.826. The lowest BCUT2D eigenvalue weighted by Gasteiger charge is -2.57. The van der Waals surface area contributed by atoms with Gasteiger partial charge in [0.1, 0.15) is 6.10 Å². The predicted octanol–water partition coefficient (Wildman–Crippen LogP) is 3.45. The number of hydrogen-bond acceptors (Lipinski definition) is 4. The highest BCUT2D eigenvalue weighted by Gasteiger charge is 2.64. The molecule has 4 heteroatoms. The molecule has 2 saturated carbocycles. The third-order valence-electron chi connectivity index (χ3n) is 6.32. The van der Waals surface area contributed by atoms with Gasteiger partial charge in [-0.15, -0.1) is 0 Å². The number of carbonyl (C=O) groups is 1. The number of hydrogen-bond donors (Lipinski definition) is 1. The van der Waals surface area contributed by atoms with Crippen LogP contribution in [0.25, 0.3) is 0 Å². The van der Waals surface area contributed by atoms with Crippen molar-refractivity contribution in [1.29, 1.82) is 0 Å². The molecule has 1 N–H and O–H groups in total. The van der Waals surface area contributed by atoms with E-state index in [1.54, 1.807) is 0 Å². The summed E-state index contributed by atoms with van der Waals surface area (Å²) in [4.78, 5) is 12.5. The van der Waals surface area contributed by atoms with E-state index >= 15 is 0 Å². The van der Waals surface area contributed by atoms with Gasteiger partial charge >= 0.3 is 5.97 Å². The molecule has 23 heavy (non-hydrogen) atoms. The molecule has 0 unspecified atom stereocenters. The molecule has 4 nitrogen and oxygen atoms in total. The monoisotopic (exact) mass is 324 g/mol. The average Bonchev–Trinajstić information content (AvgIpc) is 3.09. The molecule has 5 atom stereocenters. The van der Waals surface area contributed by atoms with Gasteiger partial charge in [-0.25, -0.2) is 0 Å². The zero-order valence-corrected chi connectivity index (χ0v) is 15.4. The molecule has 3 aliphatic rings. The largest absolute Gasteiger partial charge is 0.461 e. The minimum Gasteiger partial charge on any atom is -0.461 e. The number of ether oxygens (including phenoxy) is 2. The van der Waals surface area contributed by atoms with Crippen molar-refractivity contribution in [3.8, 4) is 0 Å². The SMILES string of the molecule is CC1(C)C[C@H](OC(=O)C(C)(C)C)[C@]2(C)CC[C@H]3O[C@H]3C[C@]2(O)C1. The molecule has 0 spiro atoms. The van der Waals surface area contributed by atoms with Gasteiger partial charge in [0.25, 0.3) is 0 Å². The van der Waals surface area contributed by atoms with Crippen molar-refractivity contribution in [1.82, 2.24) is 0 Å². The van der Waals surface area contributed by atoms with Crippen molar-refractivity contribution in [3.05, 3.63) is 0 Å². The predicted molar refractivity (Wildman–Crippen MR) is 87.9 cm³/mol. The maximum Gasteiger partial charge on any atom is 0.311 e. The quantitative estimate of drug-likeness (QED) is 0.593. The van der Waals surface area contributed by atoms with Crippen LogP contribution < -0.4 is 0 Å². The smallest absolute Gasteiger partial charge is 0.311 e. The standard InChI is InChI=1S/C19H32O4/c1-16(2,3)15(20)23-14-10-17(4,5)11-19(21)9-13-12(22-13)7-8-18(14,19)6/h12-14,21H,7-11H2,1-6H3/t12-,13+,14+,18+,19+/m1/s1. The van der Waals surface area contributed by atoms with Crippen LogP contribution in [0.5, 0.6) is 0 Å². The Morgan fingerprint density at radius 3 is 2.43 bits per heavy atom. The lowest BCUT2D eigenvalue weighted by Crippen LogP contribution is -2.61. The average molecular weight is 324 g/mol. The number of fused-ring (bicyclic) bond motifs is 2. The molecule has 0 radical (unpaired) electrons. The lowest BCUT2D eigenvalue weighted by molar-refractivity contribution is -0.220. The van der Waals surface area contributed by atoms with E-state index in [4.69, 9.17) is 9.47 Å². The van der Waals surface area contributed by atoms with E-state index in [2.05, 4.69) is 20.8 Å². The van der Waals surface area contributed by atoms with Crippen LogP contribution in [0.3, 0.4) is 0 Å². The molecule has 0 aromatic heterocycles. The van der Waals surface area contributed by atoms with Gasteiger partial charge in [-0.1, -0.05) is 20.8 Å². The summed E-state index contributed by atoms with van der Waals surface area (Å²) in [7, 11) is 0. The lowest BCUT2D eigenvalue weighted by atomic mass is 9.53. The molecule has 1 saturated heterocycles. The number of rotatable bonds is 1. The second kappa shape index (κ2) is 4.95. The van der Waals surface area contributed by atoms with Crippen LogP contribution in [0.4, 0.5) is 0 Å². The summed E-state index contributed by atoms with van der Waals surface area (Å²) in [6, 6.07) is 0. The summed E-state index contributed by atoms with van der Waals surface area (Å²) in [5, 5.41) is 11.6. The maximum absolute atomic E-state index is 12.5. The second-order valence-electron chi connectivity index (χ2n) is 10.1. The van der Waals surface area contributed by atoms with E-state index in [9.17, 15) is 9.90 Å². The molecule has 3 fully saturated rings.